The number of ether oxygens (including phenoxy) is 1. The third-order valence-electron chi connectivity index (χ3n) is 3.26. The Morgan fingerprint density at radius 3 is 3.00 bits per heavy atom. The zero-order valence-electron chi connectivity index (χ0n) is 9.77. The average Bonchev–Trinajstić information content (AvgIpc) is 2.66. The lowest BCUT2D eigenvalue weighted by atomic mass is 9.96. The van der Waals surface area contributed by atoms with Crippen LogP contribution in [0.15, 0.2) is 12.1 Å². The maximum Gasteiger partial charge on any atom is 0.144 e. The third-order valence-corrected chi connectivity index (χ3v) is 3.55. The molecule has 0 aliphatic heterocycles. The van der Waals surface area contributed by atoms with Crippen molar-refractivity contribution in [3.8, 4) is 0 Å². The molecule has 0 N–H and O–H groups in total. The SMILES string of the molecule is Fc1cc2c(cc1Cl)nnn2CCOC1CCC1. The first kappa shape index (κ1) is 11.9. The summed E-state index contributed by atoms with van der Waals surface area (Å²) < 4.78 is 20.7. The van der Waals surface area contributed by atoms with Crippen LogP contribution < -0.4 is 0 Å². The Bertz CT molecular complexity index is 568. The third kappa shape index (κ3) is 2.20. The molecule has 1 fully saturated rings. The van der Waals surface area contributed by atoms with E-state index in [4.69, 9.17) is 16.3 Å². The van der Waals surface area contributed by atoms with E-state index in [-0.39, 0.29) is 5.02 Å². The van der Waals surface area contributed by atoms with Crippen LogP contribution in [0.2, 0.25) is 5.02 Å². The number of hydrogen-bond donors (Lipinski definition) is 0. The number of hydrogen-bond acceptors (Lipinski definition) is 3. The highest BCUT2D eigenvalue weighted by Crippen LogP contribution is 2.23. The molecule has 0 amide bonds. The van der Waals surface area contributed by atoms with Crippen LogP contribution in [-0.4, -0.2) is 27.7 Å². The highest BCUT2D eigenvalue weighted by atomic mass is 35.5. The van der Waals surface area contributed by atoms with Crippen LogP contribution in [0.4, 0.5) is 4.39 Å². The summed E-state index contributed by atoms with van der Waals surface area (Å²) in [5.74, 6) is -0.451. The fraction of sp³-hybridized carbons (Fsp3) is 0.500. The maximum absolute atomic E-state index is 13.4. The molecule has 3 rings (SSSR count). The van der Waals surface area contributed by atoms with Crippen molar-refractivity contribution in [1.29, 1.82) is 0 Å². The molecule has 0 bridgehead atoms. The van der Waals surface area contributed by atoms with Gasteiger partial charge in [-0.3, -0.25) is 0 Å². The van der Waals surface area contributed by atoms with E-state index in [1.54, 1.807) is 4.68 Å². The van der Waals surface area contributed by atoms with Crippen LogP contribution in [0.5, 0.6) is 0 Å². The number of benzene rings is 1. The standard InChI is InChI=1S/C12H13ClFN3O/c13-9-6-11-12(7-10(9)14)17(16-15-11)4-5-18-8-2-1-3-8/h6-8H,1-5H2. The minimum absolute atomic E-state index is 0.0697. The second kappa shape index (κ2) is 4.82. The molecule has 0 saturated heterocycles. The lowest BCUT2D eigenvalue weighted by molar-refractivity contribution is -0.00212. The van der Waals surface area contributed by atoms with Crippen molar-refractivity contribution in [3.05, 3.63) is 23.0 Å². The van der Waals surface area contributed by atoms with Crippen LogP contribution >= 0.6 is 11.6 Å². The van der Waals surface area contributed by atoms with E-state index in [2.05, 4.69) is 10.3 Å². The number of aromatic nitrogens is 3. The van der Waals surface area contributed by atoms with Crippen molar-refractivity contribution in [2.75, 3.05) is 6.61 Å². The Morgan fingerprint density at radius 1 is 1.44 bits per heavy atom. The molecule has 1 aliphatic carbocycles. The van der Waals surface area contributed by atoms with Gasteiger partial charge in [0, 0.05) is 6.07 Å². The van der Waals surface area contributed by atoms with Gasteiger partial charge in [0.05, 0.1) is 29.8 Å². The summed E-state index contributed by atoms with van der Waals surface area (Å²) in [4.78, 5) is 0. The predicted molar refractivity (Wildman–Crippen MR) is 66.1 cm³/mol. The topological polar surface area (TPSA) is 39.9 Å². The van der Waals surface area contributed by atoms with Crippen molar-refractivity contribution < 1.29 is 9.13 Å². The van der Waals surface area contributed by atoms with Crippen molar-refractivity contribution in [2.24, 2.45) is 0 Å². The maximum atomic E-state index is 13.4. The zero-order chi connectivity index (χ0) is 12.5. The van der Waals surface area contributed by atoms with Crippen LogP contribution in [0.3, 0.4) is 0 Å². The monoisotopic (exact) mass is 269 g/mol. The summed E-state index contributed by atoms with van der Waals surface area (Å²) in [5, 5.41) is 8.01. The Balaban J connectivity index is 1.73. The van der Waals surface area contributed by atoms with E-state index in [0.29, 0.717) is 30.3 Å². The second-order valence-electron chi connectivity index (χ2n) is 4.49. The summed E-state index contributed by atoms with van der Waals surface area (Å²) in [5.41, 5.74) is 1.25. The molecule has 1 saturated carbocycles. The van der Waals surface area contributed by atoms with Gasteiger partial charge < -0.3 is 4.74 Å². The van der Waals surface area contributed by atoms with Gasteiger partial charge in [0.15, 0.2) is 0 Å². The minimum atomic E-state index is -0.451. The lowest BCUT2D eigenvalue weighted by Crippen LogP contribution is -2.23. The molecule has 0 radical (unpaired) electrons. The van der Waals surface area contributed by atoms with Gasteiger partial charge in [0.1, 0.15) is 11.3 Å². The van der Waals surface area contributed by atoms with Crippen molar-refractivity contribution in [3.63, 3.8) is 0 Å². The summed E-state index contributed by atoms with van der Waals surface area (Å²) in [6.45, 7) is 1.15. The van der Waals surface area contributed by atoms with Gasteiger partial charge in [-0.05, 0) is 25.3 Å². The lowest BCUT2D eigenvalue weighted by Gasteiger charge is -2.25. The van der Waals surface area contributed by atoms with Gasteiger partial charge in [-0.2, -0.15) is 0 Å². The van der Waals surface area contributed by atoms with Gasteiger partial charge in [0.25, 0.3) is 0 Å². The highest BCUT2D eigenvalue weighted by Gasteiger charge is 2.17. The molecule has 1 aromatic carbocycles. The molecule has 4 nitrogen and oxygen atoms in total. The molecule has 0 atom stereocenters. The van der Waals surface area contributed by atoms with Crippen molar-refractivity contribution >= 4 is 22.6 Å². The van der Waals surface area contributed by atoms with Gasteiger partial charge in [-0.25, -0.2) is 9.07 Å². The van der Waals surface area contributed by atoms with Crippen LogP contribution in [-0.2, 0) is 11.3 Å². The quantitative estimate of drug-likeness (QED) is 0.857. The Kier molecular flexibility index (Phi) is 3.18. The zero-order valence-corrected chi connectivity index (χ0v) is 10.5. The second-order valence-corrected chi connectivity index (χ2v) is 4.90. The van der Waals surface area contributed by atoms with Crippen LogP contribution in [0.25, 0.3) is 11.0 Å². The molecule has 18 heavy (non-hydrogen) atoms. The number of nitrogens with zero attached hydrogens (tertiary/aromatic N) is 3. The summed E-state index contributed by atoms with van der Waals surface area (Å²) >= 11 is 5.69. The van der Waals surface area contributed by atoms with Crippen LogP contribution in [0, 0.1) is 5.82 Å². The van der Waals surface area contributed by atoms with Crippen LogP contribution in [0.1, 0.15) is 19.3 Å². The molecule has 2 aromatic rings. The Labute approximate surface area is 109 Å². The molecular weight excluding hydrogens is 257 g/mol. The molecule has 6 heteroatoms. The molecule has 0 spiro atoms. The molecule has 1 aliphatic rings. The van der Waals surface area contributed by atoms with E-state index in [0.717, 1.165) is 12.8 Å². The molecule has 0 unspecified atom stereocenters. The summed E-state index contributed by atoms with van der Waals surface area (Å²) in [6.07, 6.45) is 3.93. The first-order valence-corrected chi connectivity index (χ1v) is 6.41. The summed E-state index contributed by atoms with van der Waals surface area (Å²) in [6, 6.07) is 2.85. The van der Waals surface area contributed by atoms with E-state index in [9.17, 15) is 4.39 Å². The summed E-state index contributed by atoms with van der Waals surface area (Å²) in [7, 11) is 0. The molecule has 1 heterocycles. The van der Waals surface area contributed by atoms with Gasteiger partial charge in [0.2, 0.25) is 0 Å². The number of rotatable bonds is 4. The Morgan fingerprint density at radius 2 is 2.28 bits per heavy atom. The largest absolute Gasteiger partial charge is 0.376 e. The van der Waals surface area contributed by atoms with Crippen molar-refractivity contribution in [1.82, 2.24) is 15.0 Å². The minimum Gasteiger partial charge on any atom is -0.376 e. The fourth-order valence-electron chi connectivity index (χ4n) is 1.97. The van der Waals surface area contributed by atoms with E-state index >= 15 is 0 Å². The van der Waals surface area contributed by atoms with Crippen molar-refractivity contribution in [2.45, 2.75) is 31.9 Å². The van der Waals surface area contributed by atoms with Gasteiger partial charge in [-0.1, -0.05) is 16.8 Å². The molecular formula is C12H13ClFN3O. The van der Waals surface area contributed by atoms with E-state index < -0.39 is 5.82 Å². The Hall–Kier alpha value is -1.20. The van der Waals surface area contributed by atoms with Gasteiger partial charge in [-0.15, -0.1) is 5.10 Å². The predicted octanol–water partition coefficient (Wildman–Crippen LogP) is 2.79. The fourth-order valence-corrected chi connectivity index (χ4v) is 2.13. The van der Waals surface area contributed by atoms with E-state index in [1.807, 2.05) is 0 Å². The number of halogens is 2. The number of fused-ring (bicyclic) bond motifs is 1. The average molecular weight is 270 g/mol. The smallest absolute Gasteiger partial charge is 0.144 e. The molecule has 96 valence electrons. The van der Waals surface area contributed by atoms with Gasteiger partial charge >= 0.3 is 0 Å². The molecule has 1 aromatic heterocycles. The first-order chi connectivity index (χ1) is 8.74. The van der Waals surface area contributed by atoms with E-state index in [1.165, 1.54) is 18.6 Å². The normalized spacial score (nSPS) is 16.1. The first-order valence-electron chi connectivity index (χ1n) is 6.04. The highest BCUT2D eigenvalue weighted by molar-refractivity contribution is 6.31.